The van der Waals surface area contributed by atoms with Crippen LogP contribution in [0.2, 0.25) is 0 Å². The summed E-state index contributed by atoms with van der Waals surface area (Å²) in [7, 11) is 1.58. The van der Waals surface area contributed by atoms with Crippen molar-refractivity contribution in [2.45, 2.75) is 37.8 Å². The Morgan fingerprint density at radius 3 is 2.45 bits per heavy atom. The van der Waals surface area contributed by atoms with E-state index in [1.165, 1.54) is 11.0 Å². The van der Waals surface area contributed by atoms with Gasteiger partial charge in [-0.3, -0.25) is 0 Å². The smallest absolute Gasteiger partial charge is 0.246 e. The van der Waals surface area contributed by atoms with E-state index in [0.717, 1.165) is 19.3 Å². The highest BCUT2D eigenvalue weighted by atomic mass is 16.2. The predicted octanol–water partition coefficient (Wildman–Crippen LogP) is 1.13. The van der Waals surface area contributed by atoms with E-state index in [1.54, 1.807) is 16.4 Å². The van der Waals surface area contributed by atoms with Crippen LogP contribution in [-0.2, 0) is 7.05 Å². The number of hydrogen-bond acceptors (Lipinski definition) is 2. The average molecular weight is 271 g/mol. The van der Waals surface area contributed by atoms with E-state index in [0.29, 0.717) is 0 Å². The number of allylic oxidation sites excluding steroid dienone is 4. The van der Waals surface area contributed by atoms with Crippen LogP contribution in [0.5, 0.6) is 0 Å². The molecule has 6 rings (SSSR count). The number of hydrogen-bond donors (Lipinski definition) is 0. The molecule has 0 aromatic carbocycles. The summed E-state index contributed by atoms with van der Waals surface area (Å²) in [6.07, 6.45) is 13.4. The van der Waals surface area contributed by atoms with Crippen LogP contribution in [0.25, 0.3) is 0 Å². The van der Waals surface area contributed by atoms with E-state index >= 15 is 0 Å². The van der Waals surface area contributed by atoms with Crippen molar-refractivity contribution in [3.05, 3.63) is 45.3 Å². The average Bonchev–Trinajstić information content (AvgIpc) is 2.67. The van der Waals surface area contributed by atoms with Gasteiger partial charge in [-0.15, -0.1) is 0 Å². The summed E-state index contributed by atoms with van der Waals surface area (Å²) in [5.74, 6) is 0. The van der Waals surface area contributed by atoms with Crippen molar-refractivity contribution in [2.75, 3.05) is 0 Å². The van der Waals surface area contributed by atoms with Crippen molar-refractivity contribution in [3.63, 3.8) is 0 Å². The summed E-state index contributed by atoms with van der Waals surface area (Å²) in [5, 5.41) is 0. The van der Waals surface area contributed by atoms with E-state index in [-0.39, 0.29) is 34.3 Å². The quantitative estimate of drug-likeness (QED) is 0.664. The maximum Gasteiger partial charge on any atom is 0.347 e. The van der Waals surface area contributed by atoms with E-state index < -0.39 is 0 Å². The van der Waals surface area contributed by atoms with Crippen LogP contribution in [-0.4, -0.2) is 13.9 Å². The molecule has 1 aromatic rings. The largest absolute Gasteiger partial charge is 0.347 e. The van der Waals surface area contributed by atoms with Gasteiger partial charge < -0.3 is 0 Å². The molecule has 5 aliphatic rings. The molecule has 0 amide bonds. The Labute approximate surface area is 115 Å². The zero-order valence-corrected chi connectivity index (χ0v) is 11.5. The van der Waals surface area contributed by atoms with Gasteiger partial charge in [0.05, 0.1) is 12.1 Å². The maximum absolute atomic E-state index is 12.4. The molecule has 0 unspecified atom stereocenters. The van der Waals surface area contributed by atoms with Crippen LogP contribution in [0, 0.1) is 10.8 Å². The molecular formula is C15H17N3O2. The number of aromatic nitrogens is 3. The van der Waals surface area contributed by atoms with Crippen molar-refractivity contribution in [2.24, 2.45) is 17.9 Å². The SMILES string of the molecule is Cn1c(=O)n2n(c1=O)[C@@H]1C=C[C@H]2[C@]23CCC=C[C@]12CC3. The zero-order valence-electron chi connectivity index (χ0n) is 11.5. The molecule has 5 nitrogen and oxygen atoms in total. The highest BCUT2D eigenvalue weighted by Crippen LogP contribution is 2.74. The lowest BCUT2D eigenvalue weighted by Gasteiger charge is -2.69. The van der Waals surface area contributed by atoms with E-state index in [1.807, 2.05) is 0 Å². The molecule has 3 heterocycles. The molecule has 0 radical (unpaired) electrons. The molecule has 3 aliphatic carbocycles. The molecule has 1 saturated carbocycles. The molecule has 0 spiro atoms. The van der Waals surface area contributed by atoms with Gasteiger partial charge in [-0.2, -0.15) is 0 Å². The Balaban J connectivity index is 1.92. The maximum atomic E-state index is 12.4. The highest BCUT2D eigenvalue weighted by molar-refractivity contribution is 5.35. The third-order valence-electron chi connectivity index (χ3n) is 6.38. The van der Waals surface area contributed by atoms with E-state index in [4.69, 9.17) is 0 Å². The number of rotatable bonds is 0. The van der Waals surface area contributed by atoms with Crippen molar-refractivity contribution in [1.29, 1.82) is 0 Å². The molecule has 20 heavy (non-hydrogen) atoms. The fourth-order valence-electron chi connectivity index (χ4n) is 5.35. The second kappa shape index (κ2) is 2.95. The third kappa shape index (κ3) is 0.807. The van der Waals surface area contributed by atoms with Gasteiger partial charge in [-0.25, -0.2) is 23.5 Å². The van der Waals surface area contributed by atoms with E-state index in [9.17, 15) is 9.59 Å². The molecule has 1 aromatic heterocycles. The Bertz CT molecular complexity index is 808. The fourth-order valence-corrected chi connectivity index (χ4v) is 5.35. The lowest BCUT2D eigenvalue weighted by Crippen LogP contribution is -2.67. The van der Waals surface area contributed by atoms with Gasteiger partial charge in [0.25, 0.3) is 0 Å². The van der Waals surface area contributed by atoms with Crippen molar-refractivity contribution in [1.82, 2.24) is 13.9 Å². The first-order valence-corrected chi connectivity index (χ1v) is 7.38. The van der Waals surface area contributed by atoms with Crippen molar-refractivity contribution >= 4 is 0 Å². The molecule has 0 N–H and O–H groups in total. The molecular weight excluding hydrogens is 254 g/mol. The summed E-state index contributed by atoms with van der Waals surface area (Å²) in [6.45, 7) is 0. The van der Waals surface area contributed by atoms with Crippen molar-refractivity contribution < 1.29 is 0 Å². The topological polar surface area (TPSA) is 48.9 Å². The standard InChI is InChI=1S/C15H17N3O2/c1-16-12(19)17-10-4-5-11(18(17)13(16)20)15-7-3-2-6-14(10,15)8-9-15/h2,4-6,10-11H,3,7-9H2,1H3/t10-,11+,14+,15-/m1/s1. The van der Waals surface area contributed by atoms with Crippen molar-refractivity contribution in [3.8, 4) is 0 Å². The lowest BCUT2D eigenvalue weighted by molar-refractivity contribution is -0.154. The van der Waals surface area contributed by atoms with Crippen LogP contribution in [0.1, 0.15) is 37.8 Å². The minimum Gasteiger partial charge on any atom is -0.246 e. The molecule has 0 saturated heterocycles. The molecule has 104 valence electrons. The summed E-state index contributed by atoms with van der Waals surface area (Å²) in [4.78, 5) is 24.8. The first-order chi connectivity index (χ1) is 9.62. The van der Waals surface area contributed by atoms with Crippen LogP contribution >= 0.6 is 0 Å². The van der Waals surface area contributed by atoms with E-state index in [2.05, 4.69) is 24.3 Å². The summed E-state index contributed by atoms with van der Waals surface area (Å²) < 4.78 is 4.68. The molecule has 5 heteroatoms. The van der Waals surface area contributed by atoms with Crippen LogP contribution in [0.4, 0.5) is 0 Å². The Kier molecular flexibility index (Phi) is 1.61. The summed E-state index contributed by atoms with van der Waals surface area (Å²) in [5.41, 5.74) is -0.108. The predicted molar refractivity (Wildman–Crippen MR) is 73.6 cm³/mol. The zero-order chi connectivity index (χ0) is 13.7. The molecule has 4 atom stereocenters. The minimum atomic E-state index is -0.178. The molecule has 1 fully saturated rings. The number of nitrogens with zero attached hydrogens (tertiary/aromatic N) is 3. The Morgan fingerprint density at radius 1 is 1.05 bits per heavy atom. The van der Waals surface area contributed by atoms with Gasteiger partial charge in [0.15, 0.2) is 0 Å². The third-order valence-corrected chi connectivity index (χ3v) is 6.38. The summed E-state index contributed by atoms with van der Waals surface area (Å²) in [6, 6.07) is 0.0619. The Hall–Kier alpha value is -1.78. The second-order valence-electron chi connectivity index (χ2n) is 6.73. The van der Waals surface area contributed by atoms with Gasteiger partial charge in [0.2, 0.25) is 0 Å². The monoisotopic (exact) mass is 271 g/mol. The lowest BCUT2D eigenvalue weighted by atomic mass is 9.39. The van der Waals surface area contributed by atoms with Gasteiger partial charge in [-0.05, 0) is 25.7 Å². The summed E-state index contributed by atoms with van der Waals surface area (Å²) >= 11 is 0. The second-order valence-corrected chi connectivity index (χ2v) is 6.73. The normalized spacial score (nSPS) is 42.9. The minimum absolute atomic E-state index is 0.0131. The first-order valence-electron chi connectivity index (χ1n) is 7.38. The Morgan fingerprint density at radius 2 is 1.75 bits per heavy atom. The van der Waals surface area contributed by atoms with Crippen LogP contribution in [0.15, 0.2) is 33.9 Å². The molecule has 2 bridgehead atoms. The van der Waals surface area contributed by atoms with Gasteiger partial charge >= 0.3 is 11.4 Å². The van der Waals surface area contributed by atoms with Crippen LogP contribution in [0.3, 0.4) is 0 Å². The fraction of sp³-hybridized carbons (Fsp3) is 0.600. The van der Waals surface area contributed by atoms with Crippen LogP contribution < -0.4 is 11.4 Å². The van der Waals surface area contributed by atoms with Gasteiger partial charge in [0, 0.05) is 17.9 Å². The van der Waals surface area contributed by atoms with Gasteiger partial charge in [-0.1, -0.05) is 24.3 Å². The molecule has 2 aliphatic heterocycles. The highest BCUT2D eigenvalue weighted by Gasteiger charge is 2.69. The first kappa shape index (κ1) is 10.9. The van der Waals surface area contributed by atoms with Gasteiger partial charge in [0.1, 0.15) is 0 Å².